The second-order valence-electron chi connectivity index (χ2n) is 2.33. The minimum atomic E-state index is 0.729. The van der Waals surface area contributed by atoms with E-state index in [1.807, 2.05) is 17.1 Å². The lowest BCUT2D eigenvalue weighted by Gasteiger charge is -2.22. The molecule has 0 spiro atoms. The summed E-state index contributed by atoms with van der Waals surface area (Å²) in [6.07, 6.45) is 8.36. The van der Waals surface area contributed by atoms with E-state index in [1.165, 1.54) is 0 Å². The van der Waals surface area contributed by atoms with Crippen LogP contribution in [0.5, 0.6) is 0 Å². The lowest BCUT2D eigenvalue weighted by molar-refractivity contribution is -0.106. The first-order chi connectivity index (χ1) is 5.38. The Morgan fingerprint density at radius 1 is 1.73 bits per heavy atom. The maximum Gasteiger partial charge on any atom is 0.166 e. The first-order valence-electron chi connectivity index (χ1n) is 3.56. The van der Waals surface area contributed by atoms with Crippen molar-refractivity contribution < 1.29 is 4.79 Å². The summed E-state index contributed by atoms with van der Waals surface area (Å²) >= 11 is 0. The van der Waals surface area contributed by atoms with Crippen molar-refractivity contribution in [1.82, 2.24) is 4.90 Å². The Morgan fingerprint density at radius 2 is 2.55 bits per heavy atom. The molecule has 1 heterocycles. The van der Waals surface area contributed by atoms with Gasteiger partial charge in [0.05, 0.1) is 5.70 Å². The van der Waals surface area contributed by atoms with Crippen molar-refractivity contribution in [2.24, 2.45) is 0 Å². The number of rotatable bonds is 3. The van der Waals surface area contributed by atoms with Crippen molar-refractivity contribution in [3.63, 3.8) is 0 Å². The summed E-state index contributed by atoms with van der Waals surface area (Å²) in [6.45, 7) is 5.15. The summed E-state index contributed by atoms with van der Waals surface area (Å²) in [6, 6.07) is 0. The summed E-state index contributed by atoms with van der Waals surface area (Å²) in [5, 5.41) is 0. The van der Waals surface area contributed by atoms with Crippen molar-refractivity contribution in [2.45, 2.75) is 0 Å². The number of carbonyl (C=O) groups is 1. The zero-order valence-electron chi connectivity index (χ0n) is 6.36. The largest absolute Gasteiger partial charge is 0.361 e. The number of aldehydes is 1. The summed E-state index contributed by atoms with van der Waals surface area (Å²) < 4.78 is 0. The zero-order valence-corrected chi connectivity index (χ0v) is 6.36. The molecule has 0 fully saturated rings. The van der Waals surface area contributed by atoms with Crippen molar-refractivity contribution >= 4 is 6.29 Å². The lowest BCUT2D eigenvalue weighted by Crippen LogP contribution is -2.25. The molecular formula is C9H11NO. The maximum atomic E-state index is 10.5. The molecule has 0 radical (unpaired) electrons. The van der Waals surface area contributed by atoms with Gasteiger partial charge in [-0.05, 0) is 6.08 Å². The Kier molecular flexibility index (Phi) is 2.66. The van der Waals surface area contributed by atoms with E-state index in [1.54, 1.807) is 12.2 Å². The molecule has 0 aromatic carbocycles. The van der Waals surface area contributed by atoms with Crippen LogP contribution >= 0.6 is 0 Å². The van der Waals surface area contributed by atoms with Crippen LogP contribution in [-0.4, -0.2) is 24.3 Å². The molecule has 2 nitrogen and oxygen atoms in total. The number of nitrogens with zero attached hydrogens (tertiary/aromatic N) is 1. The summed E-state index contributed by atoms with van der Waals surface area (Å²) in [4.78, 5) is 12.4. The highest BCUT2D eigenvalue weighted by atomic mass is 16.1. The summed E-state index contributed by atoms with van der Waals surface area (Å²) in [7, 11) is 0. The van der Waals surface area contributed by atoms with E-state index in [-0.39, 0.29) is 0 Å². The highest BCUT2D eigenvalue weighted by Gasteiger charge is 2.06. The predicted molar refractivity (Wildman–Crippen MR) is 45.1 cm³/mol. The molecule has 0 saturated carbocycles. The standard InChI is InChI=1S/C9H11NO/c1-2-6-10-7-4-3-5-9(10)8-11/h2-5,8H,1,6-7H2. The summed E-state index contributed by atoms with van der Waals surface area (Å²) in [5.74, 6) is 0. The quantitative estimate of drug-likeness (QED) is 0.443. The fourth-order valence-electron chi connectivity index (χ4n) is 1.02. The van der Waals surface area contributed by atoms with Crippen molar-refractivity contribution in [2.75, 3.05) is 13.1 Å². The molecule has 1 rings (SSSR count). The Hall–Kier alpha value is -1.31. The third-order valence-electron chi connectivity index (χ3n) is 1.56. The van der Waals surface area contributed by atoms with Gasteiger partial charge in [-0.3, -0.25) is 4.79 Å². The number of hydrogen-bond acceptors (Lipinski definition) is 2. The van der Waals surface area contributed by atoms with Gasteiger partial charge in [0.15, 0.2) is 6.29 Å². The molecule has 0 amide bonds. The van der Waals surface area contributed by atoms with Crippen LogP contribution in [0.25, 0.3) is 0 Å². The molecule has 2 heteroatoms. The van der Waals surface area contributed by atoms with Crippen LogP contribution in [-0.2, 0) is 4.79 Å². The average Bonchev–Trinajstić information content (AvgIpc) is 2.06. The van der Waals surface area contributed by atoms with Gasteiger partial charge in [-0.15, -0.1) is 6.58 Å². The first kappa shape index (κ1) is 7.79. The van der Waals surface area contributed by atoms with E-state index in [0.717, 1.165) is 25.1 Å². The number of carbonyl (C=O) groups excluding carboxylic acids is 1. The van der Waals surface area contributed by atoms with Gasteiger partial charge in [-0.25, -0.2) is 0 Å². The second-order valence-corrected chi connectivity index (χ2v) is 2.33. The van der Waals surface area contributed by atoms with E-state index in [4.69, 9.17) is 0 Å². The Bertz CT molecular complexity index is 214. The fourth-order valence-corrected chi connectivity index (χ4v) is 1.02. The first-order valence-corrected chi connectivity index (χ1v) is 3.56. The van der Waals surface area contributed by atoms with Crippen molar-refractivity contribution in [3.8, 4) is 0 Å². The van der Waals surface area contributed by atoms with Gasteiger partial charge in [0.2, 0.25) is 0 Å². The fraction of sp³-hybridized carbons (Fsp3) is 0.222. The molecule has 0 N–H and O–H groups in total. The smallest absolute Gasteiger partial charge is 0.166 e. The molecular weight excluding hydrogens is 138 g/mol. The lowest BCUT2D eigenvalue weighted by atomic mass is 10.2. The van der Waals surface area contributed by atoms with E-state index in [0.29, 0.717) is 0 Å². The third kappa shape index (κ3) is 1.80. The Balaban J connectivity index is 2.66. The van der Waals surface area contributed by atoms with Gasteiger partial charge in [0.1, 0.15) is 0 Å². The Morgan fingerprint density at radius 3 is 3.18 bits per heavy atom. The van der Waals surface area contributed by atoms with Gasteiger partial charge < -0.3 is 4.90 Å². The topological polar surface area (TPSA) is 20.3 Å². The molecule has 11 heavy (non-hydrogen) atoms. The molecule has 0 aliphatic carbocycles. The SMILES string of the molecule is C=CCN1CC=CC=C1C=O. The maximum absolute atomic E-state index is 10.5. The van der Waals surface area contributed by atoms with Crippen LogP contribution in [0, 0.1) is 0 Å². The van der Waals surface area contributed by atoms with Crippen LogP contribution in [0.2, 0.25) is 0 Å². The molecule has 0 aromatic rings. The molecule has 0 aromatic heterocycles. The molecule has 0 saturated heterocycles. The Labute approximate surface area is 66.5 Å². The van der Waals surface area contributed by atoms with E-state index in [2.05, 4.69) is 6.58 Å². The normalized spacial score (nSPS) is 16.0. The van der Waals surface area contributed by atoms with Crippen LogP contribution in [0.4, 0.5) is 0 Å². The van der Waals surface area contributed by atoms with E-state index >= 15 is 0 Å². The van der Waals surface area contributed by atoms with Crippen molar-refractivity contribution in [3.05, 3.63) is 36.6 Å². The molecule has 0 unspecified atom stereocenters. The molecule has 1 aliphatic rings. The van der Waals surface area contributed by atoms with Crippen LogP contribution in [0.3, 0.4) is 0 Å². The minimum absolute atomic E-state index is 0.729. The number of hydrogen-bond donors (Lipinski definition) is 0. The average molecular weight is 149 g/mol. The predicted octanol–water partition coefficient (Wildman–Crippen LogP) is 1.13. The van der Waals surface area contributed by atoms with E-state index in [9.17, 15) is 4.79 Å². The van der Waals surface area contributed by atoms with Crippen molar-refractivity contribution in [1.29, 1.82) is 0 Å². The van der Waals surface area contributed by atoms with Crippen LogP contribution in [0.1, 0.15) is 0 Å². The van der Waals surface area contributed by atoms with Gasteiger partial charge >= 0.3 is 0 Å². The zero-order chi connectivity index (χ0) is 8.10. The molecule has 0 bridgehead atoms. The van der Waals surface area contributed by atoms with Gasteiger partial charge in [-0.2, -0.15) is 0 Å². The molecule has 1 aliphatic heterocycles. The monoisotopic (exact) mass is 149 g/mol. The van der Waals surface area contributed by atoms with Gasteiger partial charge in [0, 0.05) is 13.1 Å². The molecule has 58 valence electrons. The van der Waals surface area contributed by atoms with E-state index < -0.39 is 0 Å². The third-order valence-corrected chi connectivity index (χ3v) is 1.56. The number of allylic oxidation sites excluding steroid dienone is 3. The van der Waals surface area contributed by atoms with Gasteiger partial charge in [0.25, 0.3) is 0 Å². The second kappa shape index (κ2) is 3.76. The van der Waals surface area contributed by atoms with Gasteiger partial charge in [-0.1, -0.05) is 18.2 Å². The van der Waals surface area contributed by atoms with Crippen LogP contribution in [0.15, 0.2) is 36.6 Å². The highest BCUT2D eigenvalue weighted by Crippen LogP contribution is 2.06. The highest BCUT2D eigenvalue weighted by molar-refractivity contribution is 5.73. The molecule has 0 atom stereocenters. The summed E-state index contributed by atoms with van der Waals surface area (Å²) in [5.41, 5.74) is 0.729. The van der Waals surface area contributed by atoms with Crippen LogP contribution < -0.4 is 0 Å². The minimum Gasteiger partial charge on any atom is -0.361 e.